The molecule has 0 spiro atoms. The highest BCUT2D eigenvalue weighted by Crippen LogP contribution is 2.19. The second-order valence-corrected chi connectivity index (χ2v) is 6.16. The van der Waals surface area contributed by atoms with Gasteiger partial charge in [-0.05, 0) is 25.5 Å². The van der Waals surface area contributed by atoms with E-state index < -0.39 is 0 Å². The SMILES string of the molecule is CCNC(=NCc1cc(-c2ccccc2)on1)NCCCOCc1ccco1. The number of nitrogens with zero attached hydrogens (tertiary/aromatic N) is 2. The van der Waals surface area contributed by atoms with Crippen molar-refractivity contribution in [2.24, 2.45) is 4.99 Å². The highest BCUT2D eigenvalue weighted by molar-refractivity contribution is 5.79. The number of hydrogen-bond donors (Lipinski definition) is 2. The minimum atomic E-state index is 0.445. The molecule has 2 N–H and O–H groups in total. The van der Waals surface area contributed by atoms with Gasteiger partial charge in [0.25, 0.3) is 0 Å². The van der Waals surface area contributed by atoms with Crippen LogP contribution < -0.4 is 10.6 Å². The first-order valence-electron chi connectivity index (χ1n) is 9.48. The molecule has 0 aliphatic rings. The Morgan fingerprint density at radius 3 is 2.82 bits per heavy atom. The third-order valence-electron chi connectivity index (χ3n) is 3.94. The summed E-state index contributed by atoms with van der Waals surface area (Å²) in [6.07, 6.45) is 2.52. The van der Waals surface area contributed by atoms with Gasteiger partial charge in [0, 0.05) is 31.3 Å². The number of nitrogens with one attached hydrogen (secondary N) is 2. The highest BCUT2D eigenvalue weighted by Gasteiger charge is 2.06. The van der Waals surface area contributed by atoms with Crippen molar-refractivity contribution in [1.29, 1.82) is 0 Å². The second kappa shape index (κ2) is 10.9. The molecule has 0 amide bonds. The zero-order chi connectivity index (χ0) is 19.4. The van der Waals surface area contributed by atoms with Crippen molar-refractivity contribution in [2.45, 2.75) is 26.5 Å². The van der Waals surface area contributed by atoms with Crippen molar-refractivity contribution in [3.63, 3.8) is 0 Å². The summed E-state index contributed by atoms with van der Waals surface area (Å²) in [5.41, 5.74) is 1.79. The Morgan fingerprint density at radius 2 is 2.04 bits per heavy atom. The van der Waals surface area contributed by atoms with Gasteiger partial charge in [0.05, 0.1) is 12.8 Å². The molecule has 0 fully saturated rings. The molecule has 0 saturated carbocycles. The van der Waals surface area contributed by atoms with Crippen molar-refractivity contribution in [2.75, 3.05) is 19.7 Å². The first kappa shape index (κ1) is 19.7. The summed E-state index contributed by atoms with van der Waals surface area (Å²) in [6.45, 7) is 5.18. The molecule has 3 aromatic rings. The third kappa shape index (κ3) is 6.28. The Hall–Kier alpha value is -3.06. The fraction of sp³-hybridized carbons (Fsp3) is 0.333. The molecule has 0 aliphatic heterocycles. The average Bonchev–Trinajstić information content (AvgIpc) is 3.41. The number of ether oxygens (including phenoxy) is 1. The molecular weight excluding hydrogens is 356 g/mol. The quantitative estimate of drug-likeness (QED) is 0.317. The fourth-order valence-corrected chi connectivity index (χ4v) is 2.58. The number of rotatable bonds is 10. The first-order valence-corrected chi connectivity index (χ1v) is 9.48. The molecular formula is C21H26N4O3. The van der Waals surface area contributed by atoms with Gasteiger partial charge in [-0.1, -0.05) is 35.5 Å². The third-order valence-corrected chi connectivity index (χ3v) is 3.94. The summed E-state index contributed by atoms with van der Waals surface area (Å²) in [7, 11) is 0. The molecule has 2 aromatic heterocycles. The van der Waals surface area contributed by atoms with Gasteiger partial charge >= 0.3 is 0 Å². The van der Waals surface area contributed by atoms with Crippen LogP contribution in [0.25, 0.3) is 11.3 Å². The largest absolute Gasteiger partial charge is 0.467 e. The average molecular weight is 382 g/mol. The minimum absolute atomic E-state index is 0.445. The summed E-state index contributed by atoms with van der Waals surface area (Å²) < 4.78 is 16.2. The monoisotopic (exact) mass is 382 g/mol. The smallest absolute Gasteiger partial charge is 0.191 e. The second-order valence-electron chi connectivity index (χ2n) is 6.16. The van der Waals surface area contributed by atoms with E-state index in [-0.39, 0.29) is 0 Å². The number of furan rings is 1. The van der Waals surface area contributed by atoms with Gasteiger partial charge in [-0.3, -0.25) is 0 Å². The summed E-state index contributed by atoms with van der Waals surface area (Å²) >= 11 is 0. The molecule has 7 nitrogen and oxygen atoms in total. The van der Waals surface area contributed by atoms with E-state index in [1.54, 1.807) is 6.26 Å². The van der Waals surface area contributed by atoms with Gasteiger partial charge in [-0.15, -0.1) is 0 Å². The van der Waals surface area contributed by atoms with E-state index >= 15 is 0 Å². The lowest BCUT2D eigenvalue weighted by Crippen LogP contribution is -2.38. The van der Waals surface area contributed by atoms with Crippen molar-refractivity contribution in [3.8, 4) is 11.3 Å². The Balaban J connectivity index is 1.41. The van der Waals surface area contributed by atoms with Gasteiger partial charge in [-0.2, -0.15) is 0 Å². The van der Waals surface area contributed by atoms with Crippen LogP contribution in [0.3, 0.4) is 0 Å². The van der Waals surface area contributed by atoms with E-state index in [1.807, 2.05) is 55.5 Å². The van der Waals surface area contributed by atoms with Gasteiger partial charge < -0.3 is 24.3 Å². The molecule has 2 heterocycles. The maximum Gasteiger partial charge on any atom is 0.191 e. The predicted octanol–water partition coefficient (Wildman–Crippen LogP) is 3.60. The van der Waals surface area contributed by atoms with E-state index in [2.05, 4.69) is 20.8 Å². The first-order chi connectivity index (χ1) is 13.8. The van der Waals surface area contributed by atoms with E-state index in [1.165, 1.54) is 0 Å². The summed E-state index contributed by atoms with van der Waals surface area (Å²) in [4.78, 5) is 4.57. The lowest BCUT2D eigenvalue weighted by molar-refractivity contribution is 0.105. The van der Waals surface area contributed by atoms with Gasteiger partial charge in [0.2, 0.25) is 0 Å². The molecule has 3 rings (SSSR count). The number of benzene rings is 1. The van der Waals surface area contributed by atoms with Crippen LogP contribution in [0.1, 0.15) is 24.8 Å². The molecule has 0 atom stereocenters. The standard InChI is InChI=1S/C21H26N4O3/c1-2-22-21(23-11-7-12-26-16-19-10-6-13-27-19)24-15-18-14-20(28-25-18)17-8-4-3-5-9-17/h3-6,8-10,13-14H,2,7,11-12,15-16H2,1H3,(H2,22,23,24). The van der Waals surface area contributed by atoms with Crippen LogP contribution in [0.5, 0.6) is 0 Å². The molecule has 148 valence electrons. The highest BCUT2D eigenvalue weighted by atomic mass is 16.5. The van der Waals surface area contributed by atoms with Crippen molar-refractivity contribution in [1.82, 2.24) is 15.8 Å². The molecule has 0 bridgehead atoms. The maximum atomic E-state index is 5.58. The Kier molecular flexibility index (Phi) is 7.69. The van der Waals surface area contributed by atoms with Crippen LogP contribution in [0, 0.1) is 0 Å². The summed E-state index contributed by atoms with van der Waals surface area (Å²) in [5.74, 6) is 2.33. The van der Waals surface area contributed by atoms with Crippen LogP contribution >= 0.6 is 0 Å². The molecule has 0 aliphatic carbocycles. The van der Waals surface area contributed by atoms with E-state index in [0.29, 0.717) is 19.8 Å². The predicted molar refractivity (Wildman–Crippen MR) is 108 cm³/mol. The Bertz CT molecular complexity index is 828. The molecule has 28 heavy (non-hydrogen) atoms. The number of aliphatic imine (C=N–C) groups is 1. The van der Waals surface area contributed by atoms with E-state index in [9.17, 15) is 0 Å². The number of guanidine groups is 1. The van der Waals surface area contributed by atoms with Crippen LogP contribution in [0.4, 0.5) is 0 Å². The Labute approximate surface area is 164 Å². The van der Waals surface area contributed by atoms with Gasteiger partial charge in [0.1, 0.15) is 18.1 Å². The van der Waals surface area contributed by atoms with Crippen LogP contribution in [0.2, 0.25) is 0 Å². The van der Waals surface area contributed by atoms with Crippen molar-refractivity contribution < 1.29 is 13.7 Å². The van der Waals surface area contributed by atoms with E-state index in [0.717, 1.165) is 48.2 Å². The Morgan fingerprint density at radius 1 is 1.14 bits per heavy atom. The number of hydrogen-bond acceptors (Lipinski definition) is 5. The lowest BCUT2D eigenvalue weighted by atomic mass is 10.2. The normalized spacial score (nSPS) is 11.5. The minimum Gasteiger partial charge on any atom is -0.467 e. The lowest BCUT2D eigenvalue weighted by Gasteiger charge is -2.10. The van der Waals surface area contributed by atoms with Crippen molar-refractivity contribution >= 4 is 5.96 Å². The van der Waals surface area contributed by atoms with Crippen LogP contribution in [-0.2, 0) is 17.9 Å². The van der Waals surface area contributed by atoms with Crippen molar-refractivity contribution in [3.05, 3.63) is 66.2 Å². The van der Waals surface area contributed by atoms with Gasteiger partial charge in [-0.25, -0.2) is 4.99 Å². The van der Waals surface area contributed by atoms with E-state index in [4.69, 9.17) is 13.7 Å². The molecule has 0 radical (unpaired) electrons. The van der Waals surface area contributed by atoms with Gasteiger partial charge in [0.15, 0.2) is 11.7 Å². The zero-order valence-electron chi connectivity index (χ0n) is 16.1. The summed E-state index contributed by atoms with van der Waals surface area (Å²) in [6, 6.07) is 15.6. The topological polar surface area (TPSA) is 84.8 Å². The molecule has 1 aromatic carbocycles. The zero-order valence-corrected chi connectivity index (χ0v) is 16.1. The fourth-order valence-electron chi connectivity index (χ4n) is 2.58. The maximum absolute atomic E-state index is 5.58. The molecule has 7 heteroatoms. The van der Waals surface area contributed by atoms with Crippen LogP contribution in [0.15, 0.2) is 68.7 Å². The summed E-state index contributed by atoms with van der Waals surface area (Å²) in [5, 5.41) is 10.6. The molecule has 0 unspecified atom stereocenters. The number of aromatic nitrogens is 1. The van der Waals surface area contributed by atoms with Crippen LogP contribution in [-0.4, -0.2) is 30.8 Å². The molecule has 0 saturated heterocycles.